The first-order chi connectivity index (χ1) is 11.9. The number of carbonyl (C=O) groups is 3. The molecule has 0 saturated heterocycles. The Balaban J connectivity index is 1.96. The van der Waals surface area contributed by atoms with Crippen LogP contribution in [0.5, 0.6) is 0 Å². The molecule has 0 bridgehead atoms. The number of hydrogen-bond acceptors (Lipinski definition) is 3. The zero-order chi connectivity index (χ0) is 18.4. The smallest absolute Gasteiger partial charge is 0.326 e. The summed E-state index contributed by atoms with van der Waals surface area (Å²) in [7, 11) is 0. The van der Waals surface area contributed by atoms with Crippen LogP contribution in [0.15, 0.2) is 24.3 Å². The minimum Gasteiger partial charge on any atom is -0.480 e. The molecule has 0 radical (unpaired) electrons. The summed E-state index contributed by atoms with van der Waals surface area (Å²) >= 11 is 0. The zero-order valence-corrected chi connectivity index (χ0v) is 14.6. The van der Waals surface area contributed by atoms with Gasteiger partial charge >= 0.3 is 12.0 Å². The van der Waals surface area contributed by atoms with E-state index in [1.54, 1.807) is 4.90 Å². The highest BCUT2D eigenvalue weighted by Gasteiger charge is 2.28. The first kappa shape index (κ1) is 18.8. The van der Waals surface area contributed by atoms with Crippen molar-refractivity contribution in [2.45, 2.75) is 51.6 Å². The number of amides is 3. The lowest BCUT2D eigenvalue weighted by atomic mass is 9.96. The monoisotopic (exact) mass is 347 g/mol. The van der Waals surface area contributed by atoms with Crippen molar-refractivity contribution >= 4 is 23.6 Å². The van der Waals surface area contributed by atoms with Crippen molar-refractivity contribution in [3.63, 3.8) is 0 Å². The first-order valence-electron chi connectivity index (χ1n) is 8.61. The van der Waals surface area contributed by atoms with Crippen molar-refractivity contribution in [3.8, 4) is 0 Å². The number of carboxylic acids is 1. The van der Waals surface area contributed by atoms with Crippen molar-refractivity contribution in [3.05, 3.63) is 29.8 Å². The lowest BCUT2D eigenvalue weighted by molar-refractivity contribution is -0.139. The van der Waals surface area contributed by atoms with Crippen LogP contribution in [0.4, 0.5) is 10.5 Å². The number of carbonyl (C=O) groups excluding carboxylic acids is 2. The number of para-hydroxylation sites is 1. The Hall–Kier alpha value is -2.57. The third-order valence-corrected chi connectivity index (χ3v) is 4.37. The van der Waals surface area contributed by atoms with Crippen molar-refractivity contribution in [2.75, 3.05) is 11.4 Å². The molecule has 3 N–H and O–H groups in total. The lowest BCUT2D eigenvalue weighted by Gasteiger charge is -2.35. The standard InChI is InChI=1S/C18H25N3O4/c1-3-6-14(17(23)24)20-18(25)19-11-16(22)21-12(2)9-10-13-7-4-5-8-15(13)21/h4-5,7-8,12,14H,3,6,9-11H2,1-2H3,(H,23,24)(H2,19,20,25). The van der Waals surface area contributed by atoms with Gasteiger partial charge in [0.1, 0.15) is 6.04 Å². The van der Waals surface area contributed by atoms with Gasteiger partial charge in [0, 0.05) is 11.7 Å². The summed E-state index contributed by atoms with van der Waals surface area (Å²) in [6.07, 6.45) is 2.77. The lowest BCUT2D eigenvalue weighted by Crippen LogP contribution is -2.51. The maximum Gasteiger partial charge on any atom is 0.326 e. The van der Waals surface area contributed by atoms with E-state index in [4.69, 9.17) is 5.11 Å². The van der Waals surface area contributed by atoms with Gasteiger partial charge in [0.25, 0.3) is 0 Å². The molecule has 25 heavy (non-hydrogen) atoms. The van der Waals surface area contributed by atoms with Gasteiger partial charge in [0.05, 0.1) is 6.54 Å². The second kappa shape index (κ2) is 8.50. The van der Waals surface area contributed by atoms with E-state index in [2.05, 4.69) is 10.6 Å². The van der Waals surface area contributed by atoms with E-state index < -0.39 is 18.0 Å². The number of nitrogens with one attached hydrogen (secondary N) is 2. The molecule has 136 valence electrons. The van der Waals surface area contributed by atoms with Gasteiger partial charge < -0.3 is 20.6 Å². The second-order valence-corrected chi connectivity index (χ2v) is 6.29. The van der Waals surface area contributed by atoms with Crippen LogP contribution in [0.3, 0.4) is 0 Å². The van der Waals surface area contributed by atoms with Crippen LogP contribution in [0, 0.1) is 0 Å². The second-order valence-electron chi connectivity index (χ2n) is 6.29. The van der Waals surface area contributed by atoms with Gasteiger partial charge in [-0.2, -0.15) is 0 Å². The Morgan fingerprint density at radius 2 is 2.04 bits per heavy atom. The topological polar surface area (TPSA) is 98.7 Å². The highest BCUT2D eigenvalue weighted by Crippen LogP contribution is 2.30. The van der Waals surface area contributed by atoms with Crippen molar-refractivity contribution in [1.29, 1.82) is 0 Å². The number of aliphatic carboxylic acids is 1. The van der Waals surface area contributed by atoms with Crippen molar-refractivity contribution in [1.82, 2.24) is 10.6 Å². The molecule has 0 saturated carbocycles. The molecule has 7 heteroatoms. The number of rotatable bonds is 6. The Morgan fingerprint density at radius 1 is 1.32 bits per heavy atom. The quantitative estimate of drug-likeness (QED) is 0.732. The molecule has 1 aromatic carbocycles. The maximum atomic E-state index is 12.6. The number of hydrogen-bond donors (Lipinski definition) is 3. The zero-order valence-electron chi connectivity index (χ0n) is 14.6. The number of anilines is 1. The van der Waals surface area contributed by atoms with Crippen molar-refractivity contribution < 1.29 is 19.5 Å². The molecule has 3 amide bonds. The van der Waals surface area contributed by atoms with E-state index in [1.807, 2.05) is 38.1 Å². The number of benzene rings is 1. The van der Waals surface area contributed by atoms with Crippen LogP contribution in [0.25, 0.3) is 0 Å². The molecule has 2 rings (SSSR count). The van der Waals surface area contributed by atoms with E-state index in [9.17, 15) is 14.4 Å². The van der Waals surface area contributed by atoms with E-state index in [0.717, 1.165) is 24.1 Å². The molecule has 0 spiro atoms. The van der Waals surface area contributed by atoms with Crippen LogP contribution in [0.1, 0.15) is 38.7 Å². The summed E-state index contributed by atoms with van der Waals surface area (Å²) < 4.78 is 0. The summed E-state index contributed by atoms with van der Waals surface area (Å²) in [5.41, 5.74) is 2.00. The van der Waals surface area contributed by atoms with Crippen LogP contribution >= 0.6 is 0 Å². The Labute approximate surface area is 147 Å². The molecule has 7 nitrogen and oxygen atoms in total. The summed E-state index contributed by atoms with van der Waals surface area (Å²) in [5.74, 6) is -1.29. The predicted octanol–water partition coefficient (Wildman–Crippen LogP) is 1.91. The largest absolute Gasteiger partial charge is 0.480 e. The third-order valence-electron chi connectivity index (χ3n) is 4.37. The van der Waals surface area contributed by atoms with E-state index in [-0.39, 0.29) is 18.5 Å². The summed E-state index contributed by atoms with van der Waals surface area (Å²) in [4.78, 5) is 37.3. The van der Waals surface area contributed by atoms with Crippen LogP contribution in [-0.2, 0) is 16.0 Å². The number of carboxylic acid groups (broad SMARTS) is 1. The van der Waals surface area contributed by atoms with Gasteiger partial charge in [0.15, 0.2) is 0 Å². The third kappa shape index (κ3) is 4.71. The SMILES string of the molecule is CCCC(NC(=O)NCC(=O)N1c2ccccc2CCC1C)C(=O)O. The number of nitrogens with zero attached hydrogens (tertiary/aromatic N) is 1. The number of aryl methyl sites for hydroxylation is 1. The summed E-state index contributed by atoms with van der Waals surface area (Å²) in [6.45, 7) is 3.65. The fraction of sp³-hybridized carbons (Fsp3) is 0.500. The Bertz CT molecular complexity index is 647. The average molecular weight is 347 g/mol. The normalized spacial score (nSPS) is 17.4. The Kier molecular flexibility index (Phi) is 6.38. The molecule has 1 aliphatic rings. The van der Waals surface area contributed by atoms with Gasteiger partial charge in [-0.25, -0.2) is 9.59 Å². The van der Waals surface area contributed by atoms with Crippen LogP contribution in [0.2, 0.25) is 0 Å². The van der Waals surface area contributed by atoms with Gasteiger partial charge in [0.2, 0.25) is 5.91 Å². The number of fused-ring (bicyclic) bond motifs is 1. The molecule has 1 aliphatic heterocycles. The van der Waals surface area contributed by atoms with Crippen molar-refractivity contribution in [2.24, 2.45) is 0 Å². The minimum atomic E-state index is -1.08. The van der Waals surface area contributed by atoms with Crippen LogP contribution in [-0.4, -0.2) is 41.6 Å². The fourth-order valence-electron chi connectivity index (χ4n) is 3.06. The minimum absolute atomic E-state index is 0.0547. The van der Waals surface area contributed by atoms with Gasteiger partial charge in [-0.3, -0.25) is 4.79 Å². The van der Waals surface area contributed by atoms with Gasteiger partial charge in [-0.1, -0.05) is 31.5 Å². The molecule has 1 heterocycles. The molecule has 1 aromatic rings. The van der Waals surface area contributed by atoms with E-state index in [0.29, 0.717) is 12.8 Å². The molecule has 2 atom stereocenters. The Morgan fingerprint density at radius 3 is 2.72 bits per heavy atom. The summed E-state index contributed by atoms with van der Waals surface area (Å²) in [6, 6.07) is 6.21. The molecule has 0 aliphatic carbocycles. The maximum absolute atomic E-state index is 12.6. The van der Waals surface area contributed by atoms with Gasteiger partial charge in [-0.05, 0) is 37.8 Å². The van der Waals surface area contributed by atoms with Gasteiger partial charge in [-0.15, -0.1) is 0 Å². The molecular formula is C18H25N3O4. The molecule has 0 aromatic heterocycles. The predicted molar refractivity (Wildman–Crippen MR) is 94.6 cm³/mol. The fourth-order valence-corrected chi connectivity index (χ4v) is 3.06. The molecule has 0 fully saturated rings. The highest BCUT2D eigenvalue weighted by molar-refractivity contribution is 5.98. The van der Waals surface area contributed by atoms with E-state index in [1.165, 1.54) is 0 Å². The molecular weight excluding hydrogens is 322 g/mol. The average Bonchev–Trinajstić information content (AvgIpc) is 2.59. The molecule has 2 unspecified atom stereocenters. The van der Waals surface area contributed by atoms with Crippen LogP contribution < -0.4 is 15.5 Å². The highest BCUT2D eigenvalue weighted by atomic mass is 16.4. The van der Waals surface area contributed by atoms with E-state index >= 15 is 0 Å². The first-order valence-corrected chi connectivity index (χ1v) is 8.61. The number of urea groups is 1. The summed E-state index contributed by atoms with van der Waals surface area (Å²) in [5, 5.41) is 13.9.